The van der Waals surface area contributed by atoms with Crippen LogP contribution in [0.1, 0.15) is 31.1 Å². The molecule has 0 radical (unpaired) electrons. The average Bonchev–Trinajstić information content (AvgIpc) is 2.44. The molecule has 0 aliphatic carbocycles. The molecule has 2 rings (SSSR count). The van der Waals surface area contributed by atoms with Gasteiger partial charge in [0.2, 0.25) is 0 Å². The molecule has 1 aromatic rings. The van der Waals surface area contributed by atoms with E-state index in [4.69, 9.17) is 18.0 Å². The van der Waals surface area contributed by atoms with Crippen molar-refractivity contribution < 1.29 is 5.11 Å². The van der Waals surface area contributed by atoms with Crippen molar-refractivity contribution in [3.8, 4) is 0 Å². The SMILES string of the molecule is CC1SCCN(CC(O)c2ccc(C(N)=S)cc2)C1C. The maximum atomic E-state index is 10.4. The molecule has 3 nitrogen and oxygen atoms in total. The highest BCUT2D eigenvalue weighted by Gasteiger charge is 2.26. The van der Waals surface area contributed by atoms with Gasteiger partial charge in [-0.3, -0.25) is 4.90 Å². The van der Waals surface area contributed by atoms with Crippen LogP contribution in [0.5, 0.6) is 0 Å². The first-order chi connectivity index (χ1) is 9.49. The van der Waals surface area contributed by atoms with Crippen LogP contribution in [0.4, 0.5) is 0 Å². The zero-order valence-electron chi connectivity index (χ0n) is 12.0. The summed E-state index contributed by atoms with van der Waals surface area (Å²) in [5.74, 6) is 1.14. The van der Waals surface area contributed by atoms with E-state index in [0.717, 1.165) is 23.4 Å². The quantitative estimate of drug-likeness (QED) is 0.835. The lowest BCUT2D eigenvalue weighted by molar-refractivity contribution is 0.0930. The summed E-state index contributed by atoms with van der Waals surface area (Å²) in [5.41, 5.74) is 7.34. The summed E-state index contributed by atoms with van der Waals surface area (Å²) >= 11 is 6.94. The molecule has 1 fully saturated rings. The van der Waals surface area contributed by atoms with Gasteiger partial charge in [-0.25, -0.2) is 0 Å². The van der Waals surface area contributed by atoms with Crippen molar-refractivity contribution in [1.29, 1.82) is 0 Å². The lowest BCUT2D eigenvalue weighted by Crippen LogP contribution is -2.46. The smallest absolute Gasteiger partial charge is 0.103 e. The van der Waals surface area contributed by atoms with Gasteiger partial charge in [-0.2, -0.15) is 11.8 Å². The van der Waals surface area contributed by atoms with Crippen LogP contribution >= 0.6 is 24.0 Å². The molecule has 1 aliphatic heterocycles. The van der Waals surface area contributed by atoms with E-state index in [1.807, 2.05) is 36.0 Å². The summed E-state index contributed by atoms with van der Waals surface area (Å²) in [6.45, 7) is 6.21. The van der Waals surface area contributed by atoms with E-state index >= 15 is 0 Å². The second-order valence-corrected chi connectivity index (χ2v) is 7.24. The summed E-state index contributed by atoms with van der Waals surface area (Å²) < 4.78 is 0. The van der Waals surface area contributed by atoms with Crippen LogP contribution in [0.25, 0.3) is 0 Å². The minimum atomic E-state index is -0.465. The standard InChI is InChI=1S/C15H22N2OS2/c1-10-11(2)20-8-7-17(10)9-14(18)12-3-5-13(6-4-12)15(16)19/h3-6,10-11,14,18H,7-9H2,1-2H3,(H2,16,19). The van der Waals surface area contributed by atoms with Crippen LogP contribution in [-0.2, 0) is 0 Å². The van der Waals surface area contributed by atoms with Gasteiger partial charge in [-0.15, -0.1) is 0 Å². The first-order valence-electron chi connectivity index (χ1n) is 6.92. The zero-order valence-corrected chi connectivity index (χ0v) is 13.6. The maximum Gasteiger partial charge on any atom is 0.103 e. The highest BCUT2D eigenvalue weighted by atomic mass is 32.2. The summed E-state index contributed by atoms with van der Waals surface area (Å²) in [6, 6.07) is 8.06. The van der Waals surface area contributed by atoms with E-state index in [0.29, 0.717) is 22.8 Å². The van der Waals surface area contributed by atoms with Gasteiger partial charge in [-0.1, -0.05) is 43.4 Å². The van der Waals surface area contributed by atoms with Crippen LogP contribution in [0, 0.1) is 0 Å². The number of hydrogen-bond acceptors (Lipinski definition) is 4. The van der Waals surface area contributed by atoms with Crippen LogP contribution in [0.15, 0.2) is 24.3 Å². The molecule has 0 aromatic heterocycles. The van der Waals surface area contributed by atoms with E-state index in [-0.39, 0.29) is 0 Å². The van der Waals surface area contributed by atoms with Crippen molar-refractivity contribution >= 4 is 29.0 Å². The number of β-amino-alcohol motifs (C(OH)–C–C–N with tert-alkyl or cyclic N) is 1. The van der Waals surface area contributed by atoms with Crippen molar-refractivity contribution in [3.63, 3.8) is 0 Å². The largest absolute Gasteiger partial charge is 0.389 e. The Morgan fingerprint density at radius 1 is 1.45 bits per heavy atom. The Balaban J connectivity index is 2.00. The molecular formula is C15H22N2OS2. The Hall–Kier alpha value is -0.620. The van der Waals surface area contributed by atoms with Gasteiger partial charge in [0.25, 0.3) is 0 Å². The van der Waals surface area contributed by atoms with Gasteiger partial charge in [0.1, 0.15) is 4.99 Å². The predicted molar refractivity (Wildman–Crippen MR) is 90.2 cm³/mol. The number of nitrogens with zero attached hydrogens (tertiary/aromatic N) is 1. The first-order valence-corrected chi connectivity index (χ1v) is 8.38. The highest BCUT2D eigenvalue weighted by molar-refractivity contribution is 8.00. The maximum absolute atomic E-state index is 10.4. The Bertz CT molecular complexity index is 463. The second-order valence-electron chi connectivity index (χ2n) is 5.31. The molecule has 1 aromatic carbocycles. The van der Waals surface area contributed by atoms with E-state index in [2.05, 4.69) is 18.7 Å². The van der Waals surface area contributed by atoms with Gasteiger partial charge in [0.15, 0.2) is 0 Å². The normalized spacial score (nSPS) is 25.4. The molecule has 3 unspecified atom stereocenters. The lowest BCUT2D eigenvalue weighted by Gasteiger charge is -2.38. The molecule has 1 saturated heterocycles. The van der Waals surface area contributed by atoms with Crippen molar-refractivity contribution in [2.24, 2.45) is 5.73 Å². The number of benzene rings is 1. The van der Waals surface area contributed by atoms with Gasteiger partial charge < -0.3 is 10.8 Å². The zero-order chi connectivity index (χ0) is 14.7. The first kappa shape index (κ1) is 15.8. The molecule has 1 aliphatic rings. The summed E-state index contributed by atoms with van der Waals surface area (Å²) in [4.78, 5) is 2.76. The fourth-order valence-electron chi connectivity index (χ4n) is 2.45. The molecule has 0 bridgehead atoms. The third-order valence-corrected chi connectivity index (χ3v) is 5.58. The minimum absolute atomic E-state index is 0.390. The highest BCUT2D eigenvalue weighted by Crippen LogP contribution is 2.26. The Morgan fingerprint density at radius 3 is 2.70 bits per heavy atom. The molecular weight excluding hydrogens is 288 g/mol. The fraction of sp³-hybridized carbons (Fsp3) is 0.533. The van der Waals surface area contributed by atoms with Gasteiger partial charge in [0.05, 0.1) is 6.10 Å². The number of aliphatic hydroxyl groups is 1. The van der Waals surface area contributed by atoms with Gasteiger partial charge in [-0.05, 0) is 12.5 Å². The summed E-state index contributed by atoms with van der Waals surface area (Å²) in [6.07, 6.45) is -0.465. The molecule has 20 heavy (non-hydrogen) atoms. The molecule has 0 saturated carbocycles. The monoisotopic (exact) mass is 310 g/mol. The summed E-state index contributed by atoms with van der Waals surface area (Å²) in [7, 11) is 0. The number of aliphatic hydroxyl groups excluding tert-OH is 1. The van der Waals surface area contributed by atoms with Crippen molar-refractivity contribution in [2.75, 3.05) is 18.8 Å². The molecule has 3 N–H and O–H groups in total. The molecule has 1 heterocycles. The Kier molecular flexibility index (Phi) is 5.43. The fourth-order valence-corrected chi connectivity index (χ4v) is 3.75. The number of rotatable bonds is 4. The third-order valence-electron chi connectivity index (χ3n) is 4.00. The molecule has 110 valence electrons. The van der Waals surface area contributed by atoms with Crippen molar-refractivity contribution in [3.05, 3.63) is 35.4 Å². The average molecular weight is 310 g/mol. The Morgan fingerprint density at radius 2 is 2.10 bits per heavy atom. The topological polar surface area (TPSA) is 49.5 Å². The van der Waals surface area contributed by atoms with Crippen LogP contribution in [-0.4, -0.2) is 45.1 Å². The van der Waals surface area contributed by atoms with Crippen LogP contribution in [0.2, 0.25) is 0 Å². The number of hydrogen-bond donors (Lipinski definition) is 2. The van der Waals surface area contributed by atoms with E-state index < -0.39 is 6.10 Å². The summed E-state index contributed by atoms with van der Waals surface area (Å²) in [5, 5.41) is 11.0. The van der Waals surface area contributed by atoms with Crippen molar-refractivity contribution in [2.45, 2.75) is 31.2 Å². The number of nitrogens with two attached hydrogens (primary N) is 1. The van der Waals surface area contributed by atoms with E-state index in [1.165, 1.54) is 0 Å². The second kappa shape index (κ2) is 6.89. The van der Waals surface area contributed by atoms with E-state index in [9.17, 15) is 5.11 Å². The minimum Gasteiger partial charge on any atom is -0.389 e. The molecule has 0 spiro atoms. The van der Waals surface area contributed by atoms with Gasteiger partial charge in [0, 0.05) is 35.7 Å². The Labute approximate surface area is 130 Å². The predicted octanol–water partition coefficient (Wildman–Crippen LogP) is 2.18. The van der Waals surface area contributed by atoms with E-state index in [1.54, 1.807) is 0 Å². The lowest BCUT2D eigenvalue weighted by atomic mass is 10.1. The number of thioether (sulfide) groups is 1. The van der Waals surface area contributed by atoms with Gasteiger partial charge >= 0.3 is 0 Å². The van der Waals surface area contributed by atoms with Crippen LogP contribution < -0.4 is 5.73 Å². The molecule has 3 atom stereocenters. The molecule has 0 amide bonds. The number of thiocarbonyl (C=S) groups is 1. The van der Waals surface area contributed by atoms with Crippen LogP contribution in [0.3, 0.4) is 0 Å². The van der Waals surface area contributed by atoms with Crippen molar-refractivity contribution in [1.82, 2.24) is 4.90 Å². The molecule has 5 heteroatoms. The third kappa shape index (κ3) is 3.73.